The van der Waals surface area contributed by atoms with Crippen LogP contribution < -0.4 is 15.4 Å². The fourth-order valence-electron chi connectivity index (χ4n) is 2.13. The lowest BCUT2D eigenvalue weighted by molar-refractivity contribution is -0.115. The van der Waals surface area contributed by atoms with E-state index >= 15 is 0 Å². The van der Waals surface area contributed by atoms with Gasteiger partial charge in [0.25, 0.3) is 0 Å². The van der Waals surface area contributed by atoms with Crippen molar-refractivity contribution in [3.05, 3.63) is 65.7 Å². The Morgan fingerprint density at radius 1 is 1.08 bits per heavy atom. The molecule has 1 heterocycles. The minimum Gasteiger partial charge on any atom is -0.497 e. The molecule has 0 aliphatic rings. The number of carbonyl (C=O) groups is 1. The summed E-state index contributed by atoms with van der Waals surface area (Å²) >= 11 is 1.48. The minimum absolute atomic E-state index is 0.100. The number of nitrogens with zero attached hydrogens (tertiary/aromatic N) is 1. The molecule has 122 valence electrons. The molecule has 0 aliphatic carbocycles. The maximum Gasteiger partial charge on any atom is 0.230 e. The van der Waals surface area contributed by atoms with Gasteiger partial charge in [-0.1, -0.05) is 18.2 Å². The van der Waals surface area contributed by atoms with Crippen LogP contribution in [0.1, 0.15) is 5.69 Å². The van der Waals surface area contributed by atoms with Crippen LogP contribution in [0.25, 0.3) is 0 Å². The van der Waals surface area contributed by atoms with Crippen molar-refractivity contribution in [3.63, 3.8) is 0 Å². The molecule has 1 aromatic heterocycles. The average molecular weight is 339 g/mol. The molecule has 24 heavy (non-hydrogen) atoms. The molecule has 3 rings (SSSR count). The predicted molar refractivity (Wildman–Crippen MR) is 97.2 cm³/mol. The van der Waals surface area contributed by atoms with Gasteiger partial charge in [0.15, 0.2) is 5.13 Å². The van der Waals surface area contributed by atoms with Crippen molar-refractivity contribution in [2.24, 2.45) is 0 Å². The summed E-state index contributed by atoms with van der Waals surface area (Å²) < 4.78 is 5.09. The molecule has 0 saturated carbocycles. The number of amides is 1. The Morgan fingerprint density at radius 3 is 2.54 bits per heavy atom. The third kappa shape index (κ3) is 4.33. The molecule has 0 unspecified atom stereocenters. The quantitative estimate of drug-likeness (QED) is 0.710. The summed E-state index contributed by atoms with van der Waals surface area (Å²) in [5, 5.41) is 8.73. The van der Waals surface area contributed by atoms with E-state index in [-0.39, 0.29) is 12.3 Å². The summed E-state index contributed by atoms with van der Waals surface area (Å²) in [5.41, 5.74) is 2.45. The molecule has 5 nitrogen and oxygen atoms in total. The third-order valence-corrected chi connectivity index (χ3v) is 4.10. The summed E-state index contributed by atoms with van der Waals surface area (Å²) in [6.07, 6.45) is 0.235. The highest BCUT2D eigenvalue weighted by molar-refractivity contribution is 7.13. The predicted octanol–water partition coefficient (Wildman–Crippen LogP) is 4.08. The van der Waals surface area contributed by atoms with Crippen LogP contribution in [0.4, 0.5) is 16.5 Å². The highest BCUT2D eigenvalue weighted by atomic mass is 32.1. The van der Waals surface area contributed by atoms with Gasteiger partial charge in [-0.15, -0.1) is 11.3 Å². The van der Waals surface area contributed by atoms with Crippen LogP contribution in [0.3, 0.4) is 0 Å². The summed E-state index contributed by atoms with van der Waals surface area (Å²) in [5.74, 6) is 0.654. The van der Waals surface area contributed by atoms with E-state index in [1.165, 1.54) is 11.3 Å². The first kappa shape index (κ1) is 16.0. The Bertz CT molecular complexity index is 801. The molecule has 3 aromatic rings. The molecule has 0 fully saturated rings. The highest BCUT2D eigenvalue weighted by Crippen LogP contribution is 2.21. The Labute approximate surface area is 144 Å². The number of ether oxygens (including phenoxy) is 1. The number of methoxy groups -OCH3 is 1. The van der Waals surface area contributed by atoms with Gasteiger partial charge >= 0.3 is 0 Å². The SMILES string of the molecule is COc1ccc(NC(=O)Cc2csc(Nc3ccccc3)n2)cc1. The molecule has 0 atom stereocenters. The number of aromatic nitrogens is 1. The van der Waals surface area contributed by atoms with Gasteiger partial charge in [0.2, 0.25) is 5.91 Å². The van der Waals surface area contributed by atoms with Crippen LogP contribution in [-0.2, 0) is 11.2 Å². The fraction of sp³-hybridized carbons (Fsp3) is 0.111. The average Bonchev–Trinajstić information content (AvgIpc) is 3.03. The Hall–Kier alpha value is -2.86. The largest absolute Gasteiger partial charge is 0.497 e. The second-order valence-electron chi connectivity index (χ2n) is 5.09. The molecular formula is C18H17N3O2S. The van der Waals surface area contributed by atoms with Gasteiger partial charge in [-0.25, -0.2) is 4.98 Å². The third-order valence-electron chi connectivity index (χ3n) is 3.29. The van der Waals surface area contributed by atoms with Crippen molar-refractivity contribution >= 4 is 33.8 Å². The number of hydrogen-bond donors (Lipinski definition) is 2. The molecule has 0 radical (unpaired) electrons. The number of thiazole rings is 1. The van der Waals surface area contributed by atoms with Gasteiger partial charge in [-0.05, 0) is 36.4 Å². The van der Waals surface area contributed by atoms with E-state index in [1.54, 1.807) is 31.4 Å². The molecule has 0 aliphatic heterocycles. The van der Waals surface area contributed by atoms with E-state index in [0.29, 0.717) is 0 Å². The fourth-order valence-corrected chi connectivity index (χ4v) is 2.87. The van der Waals surface area contributed by atoms with Crippen molar-refractivity contribution < 1.29 is 9.53 Å². The number of rotatable bonds is 6. The molecule has 0 saturated heterocycles. The maximum absolute atomic E-state index is 12.1. The lowest BCUT2D eigenvalue weighted by atomic mass is 10.2. The van der Waals surface area contributed by atoms with Gasteiger partial charge in [0, 0.05) is 16.8 Å². The summed E-state index contributed by atoms with van der Waals surface area (Å²) in [6, 6.07) is 17.0. The lowest BCUT2D eigenvalue weighted by Crippen LogP contribution is -2.14. The van der Waals surface area contributed by atoms with Crippen LogP contribution in [0, 0.1) is 0 Å². The standard InChI is InChI=1S/C18H17N3O2S/c1-23-16-9-7-14(8-10-16)19-17(22)11-15-12-24-18(21-15)20-13-5-3-2-4-6-13/h2-10,12H,11H2,1H3,(H,19,22)(H,20,21). The maximum atomic E-state index is 12.1. The van der Waals surface area contributed by atoms with Gasteiger partial charge < -0.3 is 15.4 Å². The number of para-hydroxylation sites is 1. The van der Waals surface area contributed by atoms with E-state index in [1.807, 2.05) is 35.7 Å². The zero-order chi connectivity index (χ0) is 16.8. The van der Waals surface area contributed by atoms with E-state index in [2.05, 4.69) is 15.6 Å². The van der Waals surface area contributed by atoms with Crippen LogP contribution in [0.2, 0.25) is 0 Å². The van der Waals surface area contributed by atoms with E-state index in [4.69, 9.17) is 4.74 Å². The first-order valence-corrected chi connectivity index (χ1v) is 8.31. The van der Waals surface area contributed by atoms with Crippen molar-refractivity contribution in [2.45, 2.75) is 6.42 Å². The van der Waals surface area contributed by atoms with Crippen LogP contribution in [0.5, 0.6) is 5.75 Å². The summed E-state index contributed by atoms with van der Waals surface area (Å²) in [7, 11) is 1.61. The van der Waals surface area contributed by atoms with E-state index in [0.717, 1.165) is 27.9 Å². The monoisotopic (exact) mass is 339 g/mol. The first-order valence-electron chi connectivity index (χ1n) is 7.43. The molecule has 0 bridgehead atoms. The number of nitrogens with one attached hydrogen (secondary N) is 2. The molecule has 1 amide bonds. The van der Waals surface area contributed by atoms with Crippen molar-refractivity contribution in [3.8, 4) is 5.75 Å². The van der Waals surface area contributed by atoms with Crippen molar-refractivity contribution in [1.29, 1.82) is 0 Å². The molecule has 2 N–H and O–H groups in total. The van der Waals surface area contributed by atoms with Gasteiger partial charge in [-0.3, -0.25) is 4.79 Å². The minimum atomic E-state index is -0.100. The van der Waals surface area contributed by atoms with E-state index in [9.17, 15) is 4.79 Å². The van der Waals surface area contributed by atoms with Gasteiger partial charge in [-0.2, -0.15) is 0 Å². The highest BCUT2D eigenvalue weighted by Gasteiger charge is 2.08. The number of benzene rings is 2. The number of carbonyl (C=O) groups excluding carboxylic acids is 1. The normalized spacial score (nSPS) is 10.2. The second-order valence-corrected chi connectivity index (χ2v) is 5.95. The van der Waals surface area contributed by atoms with Crippen LogP contribution >= 0.6 is 11.3 Å². The molecule has 2 aromatic carbocycles. The zero-order valence-corrected chi connectivity index (χ0v) is 14.0. The van der Waals surface area contributed by atoms with Crippen LogP contribution in [0.15, 0.2) is 60.0 Å². The summed E-state index contributed by atoms with van der Waals surface area (Å²) in [6.45, 7) is 0. The zero-order valence-electron chi connectivity index (χ0n) is 13.2. The summed E-state index contributed by atoms with van der Waals surface area (Å²) in [4.78, 5) is 16.5. The molecule has 6 heteroatoms. The van der Waals surface area contributed by atoms with Gasteiger partial charge in [0.05, 0.1) is 19.2 Å². The Morgan fingerprint density at radius 2 is 1.83 bits per heavy atom. The van der Waals surface area contributed by atoms with Crippen LogP contribution in [-0.4, -0.2) is 18.0 Å². The number of hydrogen-bond acceptors (Lipinski definition) is 5. The lowest BCUT2D eigenvalue weighted by Gasteiger charge is -2.05. The van der Waals surface area contributed by atoms with Gasteiger partial charge in [0.1, 0.15) is 5.75 Å². The smallest absolute Gasteiger partial charge is 0.230 e. The van der Waals surface area contributed by atoms with Crippen molar-refractivity contribution in [2.75, 3.05) is 17.7 Å². The Balaban J connectivity index is 1.56. The molecular weight excluding hydrogens is 322 g/mol. The van der Waals surface area contributed by atoms with Crippen molar-refractivity contribution in [1.82, 2.24) is 4.98 Å². The second kappa shape index (κ2) is 7.61. The first-order chi connectivity index (χ1) is 11.7. The topological polar surface area (TPSA) is 63.2 Å². The molecule has 0 spiro atoms. The Kier molecular flexibility index (Phi) is 5.08. The van der Waals surface area contributed by atoms with E-state index < -0.39 is 0 Å². The number of anilines is 3.